The Morgan fingerprint density at radius 2 is 0.615 bits per heavy atom. The molecule has 4 heteroatoms. The molecule has 1 rings (SSSR count). The van der Waals surface area contributed by atoms with E-state index in [1.807, 2.05) is 0 Å². The van der Waals surface area contributed by atoms with Gasteiger partial charge in [0.25, 0.3) is 0 Å². The van der Waals surface area contributed by atoms with Crippen molar-refractivity contribution in [2.45, 2.75) is 32.1 Å². The first-order valence-corrected chi connectivity index (χ1v) is 3.11. The molecule has 0 bridgehead atoms. The van der Waals surface area contributed by atoms with E-state index in [0.717, 1.165) is 0 Å². The van der Waals surface area contributed by atoms with Crippen LogP contribution in [-0.2, 0) is 35.0 Å². The zero-order valence-electron chi connectivity index (χ0n) is 7.67. The van der Waals surface area contributed by atoms with Crippen molar-refractivity contribution < 1.29 is 35.0 Å². The maximum Gasteiger partial charge on any atom is 2.00 e. The molecule has 0 aromatic rings. The van der Waals surface area contributed by atoms with Gasteiger partial charge in [-0.3, -0.25) is 0 Å². The van der Waals surface area contributed by atoms with Crippen molar-refractivity contribution in [3.63, 3.8) is 0 Å². The molecule has 0 atom stereocenters. The van der Waals surface area contributed by atoms with Crippen molar-refractivity contribution in [2.24, 2.45) is 0 Å². The normalized spacial score (nSPS) is 9.69. The van der Waals surface area contributed by atoms with Gasteiger partial charge < -0.3 is 7.43 Å². The van der Waals surface area contributed by atoms with Crippen LogP contribution in [0.5, 0.6) is 0 Å². The third kappa shape index (κ3) is 48.5. The number of hydrogen-bond donors (Lipinski definition) is 0. The molecule has 72 valence electrons. The molecule has 0 aromatic heterocycles. The fourth-order valence-corrected chi connectivity index (χ4v) is 0.884. The molecule has 1 saturated carbocycles. The van der Waals surface area contributed by atoms with Gasteiger partial charge in [-0.25, -0.2) is 0 Å². The first-order valence-electron chi connectivity index (χ1n) is 3.11. The van der Waals surface area contributed by atoms with Crippen LogP contribution in [0.25, 0.3) is 0 Å². The largest absolute Gasteiger partial charge is 2.00 e. The van der Waals surface area contributed by atoms with E-state index in [-0.39, 0.29) is 28.5 Å². The Bertz CT molecular complexity index is 81.3. The second-order valence-corrected chi connectivity index (χ2v) is 1.77. The smallest absolute Gasteiger partial charge is 0.358 e. The van der Waals surface area contributed by atoms with Crippen LogP contribution < -0.4 is 0 Å². The van der Waals surface area contributed by atoms with Crippen molar-refractivity contribution in [1.29, 1.82) is 0 Å². The SMILES string of the molecule is C1CCCC1.[C-]#[O+].[C-]#[O+].[C-]#[O+].[CH3-].[Mo+2]. The van der Waals surface area contributed by atoms with Gasteiger partial charge in [0.1, 0.15) is 0 Å². The minimum Gasteiger partial charge on any atom is -0.358 e. The van der Waals surface area contributed by atoms with Crippen LogP contribution in [0.4, 0.5) is 0 Å². The molecule has 0 spiro atoms. The molecule has 0 N–H and O–H groups in total. The molecule has 0 saturated heterocycles. The molecule has 0 radical (unpaired) electrons. The van der Waals surface area contributed by atoms with E-state index in [2.05, 4.69) is 20.0 Å². The number of rotatable bonds is 0. The van der Waals surface area contributed by atoms with Gasteiger partial charge in [-0.2, -0.15) is 0 Å². The van der Waals surface area contributed by atoms with Gasteiger partial charge in [0.15, 0.2) is 0 Å². The minimum atomic E-state index is 0. The molecule has 0 unspecified atom stereocenters. The summed E-state index contributed by atoms with van der Waals surface area (Å²) in [7, 11) is 0. The van der Waals surface area contributed by atoms with Crippen molar-refractivity contribution in [2.75, 3.05) is 0 Å². The summed E-state index contributed by atoms with van der Waals surface area (Å²) in [6.45, 7) is 13.5. The summed E-state index contributed by atoms with van der Waals surface area (Å²) in [6.07, 6.45) is 7.50. The fourth-order valence-electron chi connectivity index (χ4n) is 0.884. The Hall–Kier alpha value is -0.0917. The average Bonchev–Trinajstić information content (AvgIpc) is 2.71. The first-order chi connectivity index (χ1) is 5.50. The van der Waals surface area contributed by atoms with Gasteiger partial charge in [0, 0.05) is 0 Å². The van der Waals surface area contributed by atoms with Crippen molar-refractivity contribution in [3.05, 3.63) is 27.4 Å². The Balaban J connectivity index is -0.0000000239. The topological polar surface area (TPSA) is 59.7 Å². The van der Waals surface area contributed by atoms with Gasteiger partial charge in [-0.05, 0) is 0 Å². The van der Waals surface area contributed by atoms with E-state index in [9.17, 15) is 0 Å². The zero-order chi connectivity index (χ0) is 9.54. The molecular formula is C9H13MoO3+. The summed E-state index contributed by atoms with van der Waals surface area (Å²) >= 11 is 0. The van der Waals surface area contributed by atoms with Crippen LogP contribution in [0.1, 0.15) is 32.1 Å². The van der Waals surface area contributed by atoms with Crippen molar-refractivity contribution in [1.82, 2.24) is 0 Å². The Morgan fingerprint density at radius 3 is 0.692 bits per heavy atom. The predicted molar refractivity (Wildman–Crippen MR) is 41.3 cm³/mol. The van der Waals surface area contributed by atoms with Crippen molar-refractivity contribution >= 4 is 0 Å². The maximum absolute atomic E-state index is 7.50. The second kappa shape index (κ2) is 58.8. The summed E-state index contributed by atoms with van der Waals surface area (Å²) in [5, 5.41) is 0. The van der Waals surface area contributed by atoms with Crippen LogP contribution in [-0.4, -0.2) is 0 Å². The predicted octanol–water partition coefficient (Wildman–Crippen LogP) is 2.29. The van der Waals surface area contributed by atoms with E-state index in [1.54, 1.807) is 0 Å². The quantitative estimate of drug-likeness (QED) is 0.366. The Kier molecular flexibility index (Phi) is 132. The van der Waals surface area contributed by atoms with E-state index >= 15 is 0 Å². The second-order valence-electron chi connectivity index (χ2n) is 1.77. The molecule has 0 aliphatic heterocycles. The summed E-state index contributed by atoms with van der Waals surface area (Å²) in [6, 6.07) is 0. The molecule has 1 aliphatic rings. The van der Waals surface area contributed by atoms with Gasteiger partial charge in [0.2, 0.25) is 0 Å². The number of hydrogen-bond acceptors (Lipinski definition) is 0. The van der Waals surface area contributed by atoms with Crippen LogP contribution >= 0.6 is 0 Å². The third-order valence-electron chi connectivity index (χ3n) is 1.25. The molecule has 3 nitrogen and oxygen atoms in total. The van der Waals surface area contributed by atoms with Crippen LogP contribution in [0.3, 0.4) is 0 Å². The fraction of sp³-hybridized carbons (Fsp3) is 0.556. The third-order valence-corrected chi connectivity index (χ3v) is 1.25. The molecule has 0 amide bonds. The summed E-state index contributed by atoms with van der Waals surface area (Å²) in [5.41, 5.74) is 0. The van der Waals surface area contributed by atoms with Gasteiger partial charge in [-0.15, -0.1) is 0 Å². The van der Waals surface area contributed by atoms with E-state index in [4.69, 9.17) is 14.0 Å². The molecule has 13 heavy (non-hydrogen) atoms. The monoisotopic (exact) mass is 267 g/mol. The average molecular weight is 265 g/mol. The molecular weight excluding hydrogens is 252 g/mol. The Labute approximate surface area is 94.7 Å². The zero-order valence-corrected chi connectivity index (χ0v) is 9.68. The summed E-state index contributed by atoms with van der Waals surface area (Å²) < 4.78 is 22.5. The molecule has 1 fully saturated rings. The van der Waals surface area contributed by atoms with E-state index < -0.39 is 0 Å². The van der Waals surface area contributed by atoms with Crippen LogP contribution in [0.2, 0.25) is 0 Å². The molecule has 0 heterocycles. The van der Waals surface area contributed by atoms with Crippen LogP contribution in [0, 0.1) is 27.4 Å². The molecule has 1 aliphatic carbocycles. The van der Waals surface area contributed by atoms with Crippen LogP contribution in [0.15, 0.2) is 0 Å². The standard InChI is InChI=1S/C5H10.3CO.CH3.Mo/c1-2-4-5-3-1;3*1-2;;/h1-5H2;;;;1H3;/q;;;;-1;+2. The first kappa shape index (κ1) is 29.3. The Morgan fingerprint density at radius 1 is 0.538 bits per heavy atom. The van der Waals surface area contributed by atoms with E-state index in [1.165, 1.54) is 32.1 Å². The van der Waals surface area contributed by atoms with Gasteiger partial charge in [-0.1, -0.05) is 32.1 Å². The van der Waals surface area contributed by atoms with Crippen molar-refractivity contribution in [3.8, 4) is 0 Å². The van der Waals surface area contributed by atoms with Gasteiger partial charge in [0.05, 0.1) is 0 Å². The van der Waals surface area contributed by atoms with E-state index in [0.29, 0.717) is 0 Å². The minimum absolute atomic E-state index is 0. The van der Waals surface area contributed by atoms with Gasteiger partial charge >= 0.3 is 55.0 Å². The maximum atomic E-state index is 7.50. The summed E-state index contributed by atoms with van der Waals surface area (Å²) in [4.78, 5) is 0. The molecule has 0 aromatic carbocycles. The summed E-state index contributed by atoms with van der Waals surface area (Å²) in [5.74, 6) is 0.